The summed E-state index contributed by atoms with van der Waals surface area (Å²) < 4.78 is 0. The average molecular weight is 281 g/mol. The molecule has 104 valence electrons. The Hall–Kier alpha value is -1.02. The van der Waals surface area contributed by atoms with Crippen LogP contribution in [0, 0.1) is 0 Å². The second kappa shape index (κ2) is 6.42. The van der Waals surface area contributed by atoms with E-state index in [1.54, 1.807) is 0 Å². The maximum absolute atomic E-state index is 11.2. The van der Waals surface area contributed by atoms with E-state index in [4.69, 9.17) is 11.6 Å². The van der Waals surface area contributed by atoms with Gasteiger partial charge in [0.05, 0.1) is 5.92 Å². The van der Waals surface area contributed by atoms with Crippen molar-refractivity contribution in [2.75, 3.05) is 0 Å². The van der Waals surface area contributed by atoms with E-state index in [9.17, 15) is 9.90 Å². The van der Waals surface area contributed by atoms with Crippen LogP contribution in [0.25, 0.3) is 0 Å². The quantitative estimate of drug-likeness (QED) is 0.846. The molecule has 1 aliphatic rings. The fourth-order valence-corrected chi connectivity index (χ4v) is 3.40. The molecular formula is C16H21ClO2. The Morgan fingerprint density at radius 1 is 1.37 bits per heavy atom. The van der Waals surface area contributed by atoms with E-state index in [1.165, 1.54) is 37.7 Å². The molecule has 1 fully saturated rings. The van der Waals surface area contributed by atoms with E-state index in [0.717, 1.165) is 10.6 Å². The predicted molar refractivity (Wildman–Crippen MR) is 77.9 cm³/mol. The van der Waals surface area contributed by atoms with Crippen molar-refractivity contribution in [1.82, 2.24) is 0 Å². The van der Waals surface area contributed by atoms with Gasteiger partial charge >= 0.3 is 5.97 Å². The summed E-state index contributed by atoms with van der Waals surface area (Å²) in [6.07, 6.45) is 6.87. The maximum atomic E-state index is 11.2. The van der Waals surface area contributed by atoms with Crippen LogP contribution in [0.3, 0.4) is 0 Å². The largest absolute Gasteiger partial charge is 0.481 e. The Bertz CT molecular complexity index is 450. The number of benzene rings is 1. The summed E-state index contributed by atoms with van der Waals surface area (Å²) in [6, 6.07) is 5.84. The van der Waals surface area contributed by atoms with Gasteiger partial charge in [-0.3, -0.25) is 4.79 Å². The molecule has 0 aromatic heterocycles. The van der Waals surface area contributed by atoms with E-state index < -0.39 is 11.9 Å². The van der Waals surface area contributed by atoms with Gasteiger partial charge in [-0.1, -0.05) is 49.9 Å². The SMILES string of the molecule is CCC(C(=O)O)c1ccc(C2CCCCC2)c(Cl)c1. The third-order valence-electron chi connectivity index (χ3n) is 4.18. The van der Waals surface area contributed by atoms with Gasteiger partial charge in [-0.25, -0.2) is 0 Å². The van der Waals surface area contributed by atoms with Gasteiger partial charge in [0.25, 0.3) is 0 Å². The van der Waals surface area contributed by atoms with Crippen LogP contribution in [0.15, 0.2) is 18.2 Å². The molecule has 3 heteroatoms. The molecule has 19 heavy (non-hydrogen) atoms. The van der Waals surface area contributed by atoms with Crippen LogP contribution in [-0.4, -0.2) is 11.1 Å². The monoisotopic (exact) mass is 280 g/mol. The Morgan fingerprint density at radius 2 is 2.05 bits per heavy atom. The highest BCUT2D eigenvalue weighted by molar-refractivity contribution is 6.31. The van der Waals surface area contributed by atoms with E-state index in [-0.39, 0.29) is 0 Å². The van der Waals surface area contributed by atoms with Crippen molar-refractivity contribution in [3.8, 4) is 0 Å². The summed E-state index contributed by atoms with van der Waals surface area (Å²) in [5.41, 5.74) is 2.02. The second-order valence-corrected chi connectivity index (χ2v) is 5.82. The van der Waals surface area contributed by atoms with Crippen molar-refractivity contribution in [1.29, 1.82) is 0 Å². The number of carboxylic acid groups (broad SMARTS) is 1. The Balaban J connectivity index is 2.23. The molecule has 0 amide bonds. The van der Waals surface area contributed by atoms with Crippen LogP contribution in [0.4, 0.5) is 0 Å². The summed E-state index contributed by atoms with van der Waals surface area (Å²) in [7, 11) is 0. The zero-order valence-corrected chi connectivity index (χ0v) is 12.1. The Morgan fingerprint density at radius 3 is 2.58 bits per heavy atom. The first-order valence-electron chi connectivity index (χ1n) is 7.15. The van der Waals surface area contributed by atoms with Crippen molar-refractivity contribution in [3.63, 3.8) is 0 Å². The summed E-state index contributed by atoms with van der Waals surface area (Å²) >= 11 is 6.38. The van der Waals surface area contributed by atoms with Crippen molar-refractivity contribution in [3.05, 3.63) is 34.3 Å². The molecule has 1 aromatic rings. The standard InChI is InChI=1S/C16H21ClO2/c1-2-13(16(18)19)12-8-9-14(15(17)10-12)11-6-4-3-5-7-11/h8-11,13H,2-7H2,1H3,(H,18,19). The molecule has 0 saturated heterocycles. The zero-order chi connectivity index (χ0) is 13.8. The van der Waals surface area contributed by atoms with Crippen LogP contribution >= 0.6 is 11.6 Å². The minimum Gasteiger partial charge on any atom is -0.481 e. The van der Waals surface area contributed by atoms with Crippen molar-refractivity contribution in [2.45, 2.75) is 57.3 Å². The van der Waals surface area contributed by atoms with Crippen LogP contribution in [0.2, 0.25) is 5.02 Å². The molecule has 0 aliphatic heterocycles. The molecule has 1 saturated carbocycles. The lowest BCUT2D eigenvalue weighted by molar-refractivity contribution is -0.138. The van der Waals surface area contributed by atoms with E-state index >= 15 is 0 Å². The molecule has 2 rings (SSSR count). The second-order valence-electron chi connectivity index (χ2n) is 5.41. The first-order valence-corrected chi connectivity index (χ1v) is 7.53. The fraction of sp³-hybridized carbons (Fsp3) is 0.562. The molecule has 0 heterocycles. The summed E-state index contributed by atoms with van der Waals surface area (Å²) in [4.78, 5) is 11.2. The highest BCUT2D eigenvalue weighted by Gasteiger charge is 2.21. The van der Waals surface area contributed by atoms with Gasteiger partial charge in [0, 0.05) is 5.02 Å². The van der Waals surface area contributed by atoms with Gasteiger partial charge in [-0.15, -0.1) is 0 Å². The normalized spacial score (nSPS) is 18.2. The highest BCUT2D eigenvalue weighted by atomic mass is 35.5. The summed E-state index contributed by atoms with van der Waals surface area (Å²) in [5.74, 6) is -0.665. The van der Waals surface area contributed by atoms with Crippen LogP contribution < -0.4 is 0 Å². The minimum absolute atomic E-state index is 0.446. The van der Waals surface area contributed by atoms with E-state index in [1.807, 2.05) is 25.1 Å². The summed E-state index contributed by atoms with van der Waals surface area (Å²) in [5, 5.41) is 9.93. The third kappa shape index (κ3) is 3.30. The molecule has 1 atom stereocenters. The molecule has 1 aromatic carbocycles. The van der Waals surface area contributed by atoms with Crippen molar-refractivity contribution in [2.24, 2.45) is 0 Å². The van der Waals surface area contributed by atoms with Gasteiger partial charge in [0.1, 0.15) is 0 Å². The maximum Gasteiger partial charge on any atom is 0.310 e. The van der Waals surface area contributed by atoms with Gasteiger partial charge in [-0.05, 0) is 42.4 Å². The molecule has 0 spiro atoms. The highest BCUT2D eigenvalue weighted by Crippen LogP contribution is 2.37. The van der Waals surface area contributed by atoms with Gasteiger partial charge in [0.2, 0.25) is 0 Å². The van der Waals surface area contributed by atoms with Crippen LogP contribution in [0.5, 0.6) is 0 Å². The molecular weight excluding hydrogens is 260 g/mol. The number of carbonyl (C=O) groups is 1. The first kappa shape index (κ1) is 14.4. The number of hydrogen-bond donors (Lipinski definition) is 1. The number of hydrogen-bond acceptors (Lipinski definition) is 1. The lowest BCUT2D eigenvalue weighted by atomic mass is 9.83. The van der Waals surface area contributed by atoms with E-state index in [2.05, 4.69) is 0 Å². The van der Waals surface area contributed by atoms with Crippen LogP contribution in [0.1, 0.15) is 68.4 Å². The lowest BCUT2D eigenvalue weighted by Gasteiger charge is -2.23. The molecule has 2 nitrogen and oxygen atoms in total. The Labute approximate surface area is 119 Å². The Kier molecular flexibility index (Phi) is 4.87. The molecule has 1 aliphatic carbocycles. The number of rotatable bonds is 4. The topological polar surface area (TPSA) is 37.3 Å². The fourth-order valence-electron chi connectivity index (χ4n) is 3.06. The van der Waals surface area contributed by atoms with E-state index in [0.29, 0.717) is 12.3 Å². The zero-order valence-electron chi connectivity index (χ0n) is 11.4. The van der Waals surface area contributed by atoms with Gasteiger partial charge in [0.15, 0.2) is 0 Å². The third-order valence-corrected chi connectivity index (χ3v) is 4.51. The summed E-state index contributed by atoms with van der Waals surface area (Å²) in [6.45, 7) is 1.89. The first-order chi connectivity index (χ1) is 9.13. The molecule has 1 N–H and O–H groups in total. The lowest BCUT2D eigenvalue weighted by Crippen LogP contribution is -2.11. The van der Waals surface area contributed by atoms with Crippen LogP contribution in [-0.2, 0) is 4.79 Å². The number of halogens is 1. The average Bonchev–Trinajstić information content (AvgIpc) is 2.40. The molecule has 0 bridgehead atoms. The van der Waals surface area contributed by atoms with Gasteiger partial charge in [-0.2, -0.15) is 0 Å². The number of carboxylic acids is 1. The molecule has 1 unspecified atom stereocenters. The smallest absolute Gasteiger partial charge is 0.310 e. The predicted octanol–water partition coefficient (Wildman–Crippen LogP) is 4.97. The van der Waals surface area contributed by atoms with Crippen molar-refractivity contribution < 1.29 is 9.90 Å². The number of aliphatic carboxylic acids is 1. The van der Waals surface area contributed by atoms with Gasteiger partial charge < -0.3 is 5.11 Å². The molecule has 0 radical (unpaired) electrons. The van der Waals surface area contributed by atoms with Crippen molar-refractivity contribution >= 4 is 17.6 Å². The minimum atomic E-state index is -0.774.